The normalized spacial score (nSPS) is 11.0. The molecule has 0 heterocycles. The minimum atomic E-state index is 0.643. The molecule has 0 fully saturated rings. The second kappa shape index (κ2) is 4.63. The average molecular weight is 190 g/mol. The number of benzene rings is 1. The Hall–Kier alpha value is -0.780. The highest BCUT2D eigenvalue weighted by Gasteiger charge is 2.07. The van der Waals surface area contributed by atoms with Crippen molar-refractivity contribution in [1.29, 1.82) is 0 Å². The molecular weight excluding hydrogens is 168 g/mol. The second-order valence-corrected chi connectivity index (χ2v) is 4.47. The molecular formula is C14H22. The summed E-state index contributed by atoms with van der Waals surface area (Å²) in [5, 5.41) is 0. The van der Waals surface area contributed by atoms with Gasteiger partial charge in [-0.2, -0.15) is 0 Å². The SMILES string of the molecule is CCCc1ccc(C(C)C)c(C)c1C. The fraction of sp³-hybridized carbons (Fsp3) is 0.571. The van der Waals surface area contributed by atoms with Crippen LogP contribution in [0.3, 0.4) is 0 Å². The molecule has 0 bridgehead atoms. The van der Waals surface area contributed by atoms with E-state index in [4.69, 9.17) is 0 Å². The molecule has 0 unspecified atom stereocenters. The zero-order valence-electron chi connectivity index (χ0n) is 10.1. The largest absolute Gasteiger partial charge is 0.0651 e. The van der Waals surface area contributed by atoms with E-state index < -0.39 is 0 Å². The summed E-state index contributed by atoms with van der Waals surface area (Å²) in [4.78, 5) is 0. The molecule has 1 aromatic rings. The second-order valence-electron chi connectivity index (χ2n) is 4.47. The van der Waals surface area contributed by atoms with Gasteiger partial charge in [-0.25, -0.2) is 0 Å². The molecule has 1 rings (SSSR count). The smallest absolute Gasteiger partial charge is 0.0216 e. The van der Waals surface area contributed by atoms with Crippen LogP contribution in [-0.2, 0) is 6.42 Å². The molecule has 0 amide bonds. The molecule has 0 aliphatic carbocycles. The molecule has 0 radical (unpaired) electrons. The van der Waals surface area contributed by atoms with E-state index in [1.165, 1.54) is 35.1 Å². The molecule has 0 saturated heterocycles. The fourth-order valence-electron chi connectivity index (χ4n) is 2.06. The first kappa shape index (κ1) is 11.3. The Kier molecular flexibility index (Phi) is 3.74. The Labute approximate surface area is 88.4 Å². The lowest BCUT2D eigenvalue weighted by Gasteiger charge is -2.15. The van der Waals surface area contributed by atoms with Crippen LogP contribution < -0.4 is 0 Å². The van der Waals surface area contributed by atoms with Crippen molar-refractivity contribution >= 4 is 0 Å². The topological polar surface area (TPSA) is 0 Å². The third-order valence-corrected chi connectivity index (χ3v) is 3.08. The summed E-state index contributed by atoms with van der Waals surface area (Å²) < 4.78 is 0. The Morgan fingerprint density at radius 1 is 1.07 bits per heavy atom. The van der Waals surface area contributed by atoms with Crippen molar-refractivity contribution in [2.45, 2.75) is 53.4 Å². The summed E-state index contributed by atoms with van der Waals surface area (Å²) in [5.41, 5.74) is 6.01. The molecule has 1 aromatic carbocycles. The molecule has 78 valence electrons. The van der Waals surface area contributed by atoms with Gasteiger partial charge in [0.25, 0.3) is 0 Å². The zero-order valence-corrected chi connectivity index (χ0v) is 10.1. The Morgan fingerprint density at radius 2 is 1.71 bits per heavy atom. The van der Waals surface area contributed by atoms with E-state index in [9.17, 15) is 0 Å². The molecule has 0 N–H and O–H groups in total. The molecule has 0 spiro atoms. The summed E-state index contributed by atoms with van der Waals surface area (Å²) in [6, 6.07) is 4.61. The van der Waals surface area contributed by atoms with Gasteiger partial charge >= 0.3 is 0 Å². The van der Waals surface area contributed by atoms with E-state index >= 15 is 0 Å². The maximum Gasteiger partial charge on any atom is -0.0216 e. The van der Waals surface area contributed by atoms with Crippen LogP contribution >= 0.6 is 0 Å². The molecule has 0 aliphatic heterocycles. The molecule has 0 aliphatic rings. The minimum absolute atomic E-state index is 0.643. The first-order chi connectivity index (χ1) is 6.57. The van der Waals surface area contributed by atoms with Gasteiger partial charge in [0.2, 0.25) is 0 Å². The van der Waals surface area contributed by atoms with Gasteiger partial charge in [-0.3, -0.25) is 0 Å². The van der Waals surface area contributed by atoms with Crippen molar-refractivity contribution in [3.63, 3.8) is 0 Å². The van der Waals surface area contributed by atoms with Crippen molar-refractivity contribution in [3.8, 4) is 0 Å². The van der Waals surface area contributed by atoms with Crippen LogP contribution in [0.25, 0.3) is 0 Å². The summed E-state index contributed by atoms with van der Waals surface area (Å²) in [6.07, 6.45) is 2.45. The summed E-state index contributed by atoms with van der Waals surface area (Å²) in [6.45, 7) is 11.3. The van der Waals surface area contributed by atoms with Gasteiger partial charge in [0.05, 0.1) is 0 Å². The third-order valence-electron chi connectivity index (χ3n) is 3.08. The van der Waals surface area contributed by atoms with E-state index in [1.54, 1.807) is 0 Å². The van der Waals surface area contributed by atoms with E-state index in [1.807, 2.05) is 0 Å². The standard InChI is InChI=1S/C14H22/c1-6-7-13-8-9-14(10(2)3)12(5)11(13)4/h8-10H,6-7H2,1-5H3. The van der Waals surface area contributed by atoms with Crippen LogP contribution in [0.1, 0.15) is 55.4 Å². The van der Waals surface area contributed by atoms with Crippen molar-refractivity contribution in [2.75, 3.05) is 0 Å². The van der Waals surface area contributed by atoms with Gasteiger partial charge in [0, 0.05) is 0 Å². The highest BCUT2D eigenvalue weighted by molar-refractivity contribution is 5.40. The zero-order chi connectivity index (χ0) is 10.7. The summed E-state index contributed by atoms with van der Waals surface area (Å²) in [7, 11) is 0. The lowest BCUT2D eigenvalue weighted by atomic mass is 9.90. The van der Waals surface area contributed by atoms with Crippen molar-refractivity contribution in [2.24, 2.45) is 0 Å². The Balaban J connectivity index is 3.12. The van der Waals surface area contributed by atoms with Gasteiger partial charge in [-0.05, 0) is 48.4 Å². The number of aryl methyl sites for hydroxylation is 1. The maximum absolute atomic E-state index is 2.31. The Bertz CT molecular complexity index is 308. The van der Waals surface area contributed by atoms with Crippen molar-refractivity contribution in [1.82, 2.24) is 0 Å². The minimum Gasteiger partial charge on any atom is -0.0651 e. The van der Waals surface area contributed by atoms with Gasteiger partial charge in [-0.15, -0.1) is 0 Å². The maximum atomic E-state index is 2.31. The predicted molar refractivity (Wildman–Crippen MR) is 64.0 cm³/mol. The molecule has 0 saturated carbocycles. The van der Waals surface area contributed by atoms with Crippen LogP contribution in [0.2, 0.25) is 0 Å². The van der Waals surface area contributed by atoms with Crippen LogP contribution in [0.4, 0.5) is 0 Å². The highest BCUT2D eigenvalue weighted by atomic mass is 14.1. The van der Waals surface area contributed by atoms with E-state index in [-0.39, 0.29) is 0 Å². The van der Waals surface area contributed by atoms with Crippen molar-refractivity contribution in [3.05, 3.63) is 34.4 Å². The summed E-state index contributed by atoms with van der Waals surface area (Å²) >= 11 is 0. The van der Waals surface area contributed by atoms with Crippen LogP contribution in [0.15, 0.2) is 12.1 Å². The average Bonchev–Trinajstić information content (AvgIpc) is 2.13. The lowest BCUT2D eigenvalue weighted by Crippen LogP contribution is -1.98. The lowest BCUT2D eigenvalue weighted by molar-refractivity contribution is 0.844. The summed E-state index contributed by atoms with van der Waals surface area (Å²) in [5.74, 6) is 0.643. The third kappa shape index (κ3) is 2.17. The van der Waals surface area contributed by atoms with Crippen LogP contribution in [-0.4, -0.2) is 0 Å². The van der Waals surface area contributed by atoms with Crippen LogP contribution in [0, 0.1) is 13.8 Å². The van der Waals surface area contributed by atoms with Crippen molar-refractivity contribution < 1.29 is 0 Å². The Morgan fingerprint density at radius 3 is 2.21 bits per heavy atom. The molecule has 0 aromatic heterocycles. The molecule has 0 nitrogen and oxygen atoms in total. The van der Waals surface area contributed by atoms with E-state index in [0.29, 0.717) is 5.92 Å². The van der Waals surface area contributed by atoms with Gasteiger partial charge in [0.15, 0.2) is 0 Å². The fourth-order valence-corrected chi connectivity index (χ4v) is 2.06. The van der Waals surface area contributed by atoms with Gasteiger partial charge in [-0.1, -0.05) is 39.3 Å². The molecule has 14 heavy (non-hydrogen) atoms. The predicted octanol–water partition coefficient (Wildman–Crippen LogP) is 4.38. The van der Waals surface area contributed by atoms with Crippen LogP contribution in [0.5, 0.6) is 0 Å². The van der Waals surface area contributed by atoms with Gasteiger partial charge in [0.1, 0.15) is 0 Å². The molecule has 0 heteroatoms. The number of hydrogen-bond donors (Lipinski definition) is 0. The first-order valence-electron chi connectivity index (χ1n) is 5.66. The molecule has 0 atom stereocenters. The number of hydrogen-bond acceptors (Lipinski definition) is 0. The van der Waals surface area contributed by atoms with E-state index in [2.05, 4.69) is 46.8 Å². The first-order valence-corrected chi connectivity index (χ1v) is 5.66. The monoisotopic (exact) mass is 190 g/mol. The number of rotatable bonds is 3. The van der Waals surface area contributed by atoms with E-state index in [0.717, 1.165) is 0 Å². The quantitative estimate of drug-likeness (QED) is 0.663. The van der Waals surface area contributed by atoms with Gasteiger partial charge < -0.3 is 0 Å². The highest BCUT2D eigenvalue weighted by Crippen LogP contribution is 2.24.